The Balaban J connectivity index is 2.70. The first-order valence-corrected chi connectivity index (χ1v) is 8.27. The maximum Gasteiger partial charge on any atom is 0.243 e. The van der Waals surface area contributed by atoms with Crippen LogP contribution in [0, 0.1) is 18.7 Å². The minimum Gasteiger partial charge on any atom is -0.399 e. The van der Waals surface area contributed by atoms with Crippen LogP contribution in [0.15, 0.2) is 17.0 Å². The fourth-order valence-corrected chi connectivity index (χ4v) is 3.18. The Morgan fingerprint density at radius 1 is 1.30 bits per heavy atom. The van der Waals surface area contributed by atoms with Gasteiger partial charge in [0.05, 0.1) is 0 Å². The molecule has 114 valence electrons. The first kappa shape index (κ1) is 16.9. The summed E-state index contributed by atoms with van der Waals surface area (Å²) in [4.78, 5) is -0.376. The predicted octanol–water partition coefficient (Wildman–Crippen LogP) is 2.82. The molecule has 0 aliphatic carbocycles. The van der Waals surface area contributed by atoms with Crippen molar-refractivity contribution in [2.75, 3.05) is 12.3 Å². The molecule has 0 aliphatic rings. The van der Waals surface area contributed by atoms with E-state index in [1.807, 2.05) is 0 Å². The van der Waals surface area contributed by atoms with E-state index in [4.69, 9.17) is 5.73 Å². The van der Waals surface area contributed by atoms with Crippen molar-refractivity contribution >= 4 is 15.7 Å². The molecule has 0 spiro atoms. The minimum absolute atomic E-state index is 0.227. The van der Waals surface area contributed by atoms with Crippen molar-refractivity contribution in [3.05, 3.63) is 23.5 Å². The lowest BCUT2D eigenvalue weighted by atomic mass is 10.1. The predicted molar refractivity (Wildman–Crippen MR) is 79.4 cm³/mol. The number of nitrogen functional groups attached to an aromatic ring is 1. The van der Waals surface area contributed by atoms with Crippen LogP contribution in [0.1, 0.15) is 38.7 Å². The zero-order valence-corrected chi connectivity index (χ0v) is 13.1. The van der Waals surface area contributed by atoms with Gasteiger partial charge in [-0.25, -0.2) is 17.5 Å². The third kappa shape index (κ3) is 4.76. The van der Waals surface area contributed by atoms with E-state index in [0.717, 1.165) is 25.3 Å². The quantitative estimate of drug-likeness (QED) is 0.601. The van der Waals surface area contributed by atoms with Gasteiger partial charge in [0.2, 0.25) is 10.0 Å². The van der Waals surface area contributed by atoms with Crippen molar-refractivity contribution in [1.29, 1.82) is 0 Å². The number of hydrogen-bond acceptors (Lipinski definition) is 3. The van der Waals surface area contributed by atoms with Crippen molar-refractivity contribution in [3.63, 3.8) is 0 Å². The first-order valence-electron chi connectivity index (χ1n) is 6.79. The molecule has 3 N–H and O–H groups in total. The summed E-state index contributed by atoms with van der Waals surface area (Å²) < 4.78 is 40.4. The van der Waals surface area contributed by atoms with Crippen molar-refractivity contribution in [3.8, 4) is 0 Å². The van der Waals surface area contributed by atoms with Gasteiger partial charge in [-0.05, 0) is 37.0 Å². The van der Waals surface area contributed by atoms with Gasteiger partial charge in [-0.2, -0.15) is 0 Å². The third-order valence-electron chi connectivity index (χ3n) is 3.03. The Labute approximate surface area is 120 Å². The van der Waals surface area contributed by atoms with Gasteiger partial charge >= 0.3 is 0 Å². The van der Waals surface area contributed by atoms with Crippen molar-refractivity contribution in [2.24, 2.45) is 5.92 Å². The number of anilines is 1. The van der Waals surface area contributed by atoms with Crippen molar-refractivity contribution < 1.29 is 12.8 Å². The molecule has 1 aromatic carbocycles. The molecular formula is C14H23FN2O2S. The highest BCUT2D eigenvalue weighted by molar-refractivity contribution is 7.89. The number of halogens is 1. The lowest BCUT2D eigenvalue weighted by Gasteiger charge is -2.10. The summed E-state index contributed by atoms with van der Waals surface area (Å²) in [5, 5.41) is 0. The van der Waals surface area contributed by atoms with Crippen LogP contribution in [0.25, 0.3) is 0 Å². The van der Waals surface area contributed by atoms with E-state index >= 15 is 0 Å². The summed E-state index contributed by atoms with van der Waals surface area (Å²) in [6.45, 7) is 6.04. The van der Waals surface area contributed by atoms with Gasteiger partial charge in [0, 0.05) is 12.2 Å². The second-order valence-corrected chi connectivity index (χ2v) is 7.17. The third-order valence-corrected chi connectivity index (χ3v) is 4.49. The van der Waals surface area contributed by atoms with Gasteiger partial charge in [-0.15, -0.1) is 0 Å². The molecule has 0 radical (unpaired) electrons. The number of unbranched alkanes of at least 4 members (excludes halogenated alkanes) is 1. The molecule has 0 saturated heterocycles. The molecule has 0 aromatic heterocycles. The Hall–Kier alpha value is -1.14. The fourth-order valence-electron chi connectivity index (χ4n) is 1.92. The molecule has 0 unspecified atom stereocenters. The summed E-state index contributed by atoms with van der Waals surface area (Å²) in [5.41, 5.74) is 6.04. The van der Waals surface area contributed by atoms with Gasteiger partial charge in [0.15, 0.2) is 0 Å². The number of benzene rings is 1. The molecule has 0 amide bonds. The monoisotopic (exact) mass is 302 g/mol. The zero-order valence-electron chi connectivity index (χ0n) is 12.2. The summed E-state index contributed by atoms with van der Waals surface area (Å²) in [6.07, 6.45) is 2.73. The van der Waals surface area contributed by atoms with Crippen LogP contribution >= 0.6 is 0 Å². The zero-order chi connectivity index (χ0) is 15.3. The lowest BCUT2D eigenvalue weighted by Crippen LogP contribution is -2.26. The molecule has 0 atom stereocenters. The average Bonchev–Trinajstić information content (AvgIpc) is 2.32. The summed E-state index contributed by atoms with van der Waals surface area (Å²) in [5.74, 6) is -0.144. The van der Waals surface area contributed by atoms with Gasteiger partial charge in [0.1, 0.15) is 10.7 Å². The van der Waals surface area contributed by atoms with Gasteiger partial charge < -0.3 is 5.73 Å². The van der Waals surface area contributed by atoms with Gasteiger partial charge in [-0.3, -0.25) is 0 Å². The van der Waals surface area contributed by atoms with Crippen LogP contribution in [0.4, 0.5) is 10.1 Å². The van der Waals surface area contributed by atoms with Gasteiger partial charge in [0.25, 0.3) is 0 Å². The van der Waals surface area contributed by atoms with Crippen LogP contribution in [-0.2, 0) is 10.0 Å². The molecule has 0 aliphatic heterocycles. The molecule has 1 rings (SSSR count). The minimum atomic E-state index is -3.84. The molecular weight excluding hydrogens is 279 g/mol. The van der Waals surface area contributed by atoms with E-state index < -0.39 is 15.8 Å². The van der Waals surface area contributed by atoms with Crippen LogP contribution in [0.5, 0.6) is 0 Å². The number of nitrogens with one attached hydrogen (secondary N) is 1. The van der Waals surface area contributed by atoms with Crippen LogP contribution in [0.2, 0.25) is 0 Å². The molecule has 0 bridgehead atoms. The standard InChI is InChI=1S/C14H23FN2O2S/c1-10(2)6-4-5-7-17-20(18,19)13-9-12(16)8-11(3)14(13)15/h8-10,17H,4-7,16H2,1-3H3. The number of sulfonamides is 1. The SMILES string of the molecule is Cc1cc(N)cc(S(=O)(=O)NCCCCC(C)C)c1F. The van der Waals surface area contributed by atoms with Crippen LogP contribution < -0.4 is 10.5 Å². The van der Waals surface area contributed by atoms with Crippen LogP contribution in [0.3, 0.4) is 0 Å². The molecule has 20 heavy (non-hydrogen) atoms. The highest BCUT2D eigenvalue weighted by atomic mass is 32.2. The summed E-state index contributed by atoms with van der Waals surface area (Å²) >= 11 is 0. The largest absolute Gasteiger partial charge is 0.399 e. The van der Waals surface area contributed by atoms with E-state index in [0.29, 0.717) is 12.5 Å². The highest BCUT2D eigenvalue weighted by Crippen LogP contribution is 2.21. The number of nitrogens with two attached hydrogens (primary N) is 1. The van der Waals surface area contributed by atoms with Gasteiger partial charge in [-0.1, -0.05) is 26.7 Å². The molecule has 4 nitrogen and oxygen atoms in total. The lowest BCUT2D eigenvalue weighted by molar-refractivity contribution is 0.527. The van der Waals surface area contributed by atoms with E-state index in [1.165, 1.54) is 13.0 Å². The molecule has 0 heterocycles. The average molecular weight is 302 g/mol. The van der Waals surface area contributed by atoms with Crippen LogP contribution in [-0.4, -0.2) is 15.0 Å². The topological polar surface area (TPSA) is 72.2 Å². The van der Waals surface area contributed by atoms with E-state index in [9.17, 15) is 12.8 Å². The highest BCUT2D eigenvalue weighted by Gasteiger charge is 2.20. The van der Waals surface area contributed by atoms with E-state index in [1.54, 1.807) is 0 Å². The van der Waals surface area contributed by atoms with E-state index in [2.05, 4.69) is 18.6 Å². The normalized spacial score (nSPS) is 12.1. The maximum atomic E-state index is 13.9. The fraction of sp³-hybridized carbons (Fsp3) is 0.571. The van der Waals surface area contributed by atoms with E-state index in [-0.39, 0.29) is 16.1 Å². The molecule has 1 aromatic rings. The molecule has 0 fully saturated rings. The summed E-state index contributed by atoms with van der Waals surface area (Å²) in [7, 11) is -3.84. The maximum absolute atomic E-state index is 13.9. The second-order valence-electron chi connectivity index (χ2n) is 5.44. The Morgan fingerprint density at radius 2 is 1.95 bits per heavy atom. The number of hydrogen-bond donors (Lipinski definition) is 2. The first-order chi connectivity index (χ1) is 9.24. The molecule has 6 heteroatoms. The smallest absolute Gasteiger partial charge is 0.243 e. The molecule has 0 saturated carbocycles. The number of rotatable bonds is 7. The van der Waals surface area contributed by atoms with Crippen molar-refractivity contribution in [1.82, 2.24) is 4.72 Å². The Bertz CT molecular complexity index is 557. The van der Waals surface area contributed by atoms with Crippen molar-refractivity contribution in [2.45, 2.75) is 44.9 Å². The Kier molecular flexibility index (Phi) is 5.95. The second kappa shape index (κ2) is 7.04. The number of aryl methyl sites for hydroxylation is 1. The Morgan fingerprint density at radius 3 is 2.55 bits per heavy atom. The summed E-state index contributed by atoms with van der Waals surface area (Å²) in [6, 6.07) is 2.57.